The van der Waals surface area contributed by atoms with E-state index in [1.54, 1.807) is 37.0 Å². The first-order chi connectivity index (χ1) is 11.0. The standard InChI is InChI=1S/C17H17BrN2O2S/c1-20(17(22)12-7-3-4-8-13(12)18)11-16(21)19-14-9-5-6-10-15(14)23-2/h3-10H,11H2,1-2H3,(H,19,21). The molecule has 2 amide bonds. The zero-order chi connectivity index (χ0) is 16.8. The lowest BCUT2D eigenvalue weighted by atomic mass is 10.2. The minimum atomic E-state index is -0.227. The van der Waals surface area contributed by atoms with Gasteiger partial charge in [-0.2, -0.15) is 0 Å². The Kier molecular flexibility index (Phi) is 6.24. The molecule has 0 unspecified atom stereocenters. The molecule has 0 aliphatic carbocycles. The third kappa shape index (κ3) is 4.59. The first-order valence-corrected chi connectivity index (χ1v) is 8.97. The van der Waals surface area contributed by atoms with Crippen LogP contribution >= 0.6 is 27.7 Å². The number of benzene rings is 2. The highest BCUT2D eigenvalue weighted by Crippen LogP contribution is 2.24. The SMILES string of the molecule is CSc1ccccc1NC(=O)CN(C)C(=O)c1ccccc1Br. The quantitative estimate of drug-likeness (QED) is 0.785. The minimum Gasteiger partial charge on any atom is -0.332 e. The van der Waals surface area contributed by atoms with E-state index in [0.717, 1.165) is 10.6 Å². The van der Waals surface area contributed by atoms with Crippen LogP contribution in [0.15, 0.2) is 57.9 Å². The summed E-state index contributed by atoms with van der Waals surface area (Å²) in [6.45, 7) is -0.0110. The molecule has 0 aromatic heterocycles. The monoisotopic (exact) mass is 392 g/mol. The molecule has 120 valence electrons. The molecule has 1 N–H and O–H groups in total. The Labute approximate surface area is 148 Å². The van der Waals surface area contributed by atoms with Gasteiger partial charge in [-0.3, -0.25) is 9.59 Å². The molecule has 2 rings (SSSR count). The fraction of sp³-hybridized carbons (Fsp3) is 0.176. The number of rotatable bonds is 5. The Bertz CT molecular complexity index is 721. The first kappa shape index (κ1) is 17.6. The maximum absolute atomic E-state index is 12.4. The average molecular weight is 393 g/mol. The highest BCUT2D eigenvalue weighted by molar-refractivity contribution is 9.10. The normalized spacial score (nSPS) is 10.2. The summed E-state index contributed by atoms with van der Waals surface area (Å²) in [6.07, 6.45) is 1.95. The lowest BCUT2D eigenvalue weighted by Crippen LogP contribution is -2.35. The summed E-state index contributed by atoms with van der Waals surface area (Å²) in [7, 11) is 1.61. The number of nitrogens with zero attached hydrogens (tertiary/aromatic N) is 1. The number of nitrogens with one attached hydrogen (secondary N) is 1. The third-order valence-electron chi connectivity index (χ3n) is 3.21. The van der Waals surface area contributed by atoms with Crippen molar-refractivity contribution in [2.24, 2.45) is 0 Å². The Morgan fingerprint density at radius 2 is 1.78 bits per heavy atom. The summed E-state index contributed by atoms with van der Waals surface area (Å²) in [4.78, 5) is 27.0. The van der Waals surface area contributed by atoms with Crippen molar-refractivity contribution in [2.45, 2.75) is 4.90 Å². The number of para-hydroxylation sites is 1. The van der Waals surface area contributed by atoms with Crippen molar-refractivity contribution in [3.05, 3.63) is 58.6 Å². The molecule has 0 saturated heterocycles. The van der Waals surface area contributed by atoms with E-state index in [9.17, 15) is 9.59 Å². The summed E-state index contributed by atoms with van der Waals surface area (Å²) >= 11 is 4.91. The van der Waals surface area contributed by atoms with Crippen LogP contribution in [0.3, 0.4) is 0 Å². The lowest BCUT2D eigenvalue weighted by molar-refractivity contribution is -0.116. The van der Waals surface area contributed by atoms with Crippen molar-refractivity contribution in [2.75, 3.05) is 25.2 Å². The van der Waals surface area contributed by atoms with E-state index >= 15 is 0 Å². The van der Waals surface area contributed by atoms with E-state index in [4.69, 9.17) is 0 Å². The molecule has 0 heterocycles. The molecule has 2 aromatic rings. The zero-order valence-electron chi connectivity index (χ0n) is 12.9. The summed E-state index contributed by atoms with van der Waals surface area (Å²) in [5.41, 5.74) is 1.29. The number of likely N-dealkylation sites (N-methyl/N-ethyl adjacent to an activating group) is 1. The maximum Gasteiger partial charge on any atom is 0.255 e. The Morgan fingerprint density at radius 3 is 2.48 bits per heavy atom. The highest BCUT2D eigenvalue weighted by atomic mass is 79.9. The molecule has 0 atom stereocenters. The largest absolute Gasteiger partial charge is 0.332 e. The lowest BCUT2D eigenvalue weighted by Gasteiger charge is -2.18. The number of hydrogen-bond acceptors (Lipinski definition) is 3. The molecule has 0 spiro atoms. The van der Waals surface area contributed by atoms with E-state index < -0.39 is 0 Å². The van der Waals surface area contributed by atoms with Crippen molar-refractivity contribution in [3.63, 3.8) is 0 Å². The van der Waals surface area contributed by atoms with Crippen LogP contribution in [0.2, 0.25) is 0 Å². The van der Waals surface area contributed by atoms with Gasteiger partial charge < -0.3 is 10.2 Å². The van der Waals surface area contributed by atoms with Crippen molar-refractivity contribution >= 4 is 45.2 Å². The Balaban J connectivity index is 2.02. The second-order valence-corrected chi connectivity index (χ2v) is 6.59. The van der Waals surface area contributed by atoms with Crippen LogP contribution in [0.4, 0.5) is 5.69 Å². The fourth-order valence-corrected chi connectivity index (χ4v) is 3.07. The number of amides is 2. The minimum absolute atomic E-state index is 0.0110. The Morgan fingerprint density at radius 1 is 1.13 bits per heavy atom. The number of thioether (sulfide) groups is 1. The molecule has 0 bridgehead atoms. The Hall–Kier alpha value is -1.79. The van der Waals surface area contributed by atoms with Gasteiger partial charge in [-0.25, -0.2) is 0 Å². The fourth-order valence-electron chi connectivity index (χ4n) is 2.07. The van der Waals surface area contributed by atoms with E-state index in [-0.39, 0.29) is 18.4 Å². The van der Waals surface area contributed by atoms with E-state index in [2.05, 4.69) is 21.2 Å². The van der Waals surface area contributed by atoms with Gasteiger partial charge in [0.1, 0.15) is 0 Å². The van der Waals surface area contributed by atoms with Gasteiger partial charge in [0.05, 0.1) is 17.8 Å². The van der Waals surface area contributed by atoms with Crippen molar-refractivity contribution in [3.8, 4) is 0 Å². The van der Waals surface area contributed by atoms with Crippen LogP contribution in [0.1, 0.15) is 10.4 Å². The number of hydrogen-bond donors (Lipinski definition) is 1. The average Bonchev–Trinajstić information content (AvgIpc) is 2.55. The van der Waals surface area contributed by atoms with Crippen LogP contribution in [0, 0.1) is 0 Å². The van der Waals surface area contributed by atoms with Gasteiger partial charge in [-0.1, -0.05) is 24.3 Å². The van der Waals surface area contributed by atoms with Crippen LogP contribution in [0.25, 0.3) is 0 Å². The molecule has 0 aliphatic heterocycles. The molecular formula is C17H17BrN2O2S. The number of anilines is 1. The summed E-state index contributed by atoms with van der Waals surface area (Å²) in [5.74, 6) is -0.430. The second kappa shape index (κ2) is 8.17. The van der Waals surface area contributed by atoms with Crippen molar-refractivity contribution < 1.29 is 9.59 Å². The van der Waals surface area contributed by atoms with E-state index in [0.29, 0.717) is 10.0 Å². The van der Waals surface area contributed by atoms with Gasteiger partial charge in [0.2, 0.25) is 5.91 Å². The molecule has 4 nitrogen and oxygen atoms in total. The van der Waals surface area contributed by atoms with Gasteiger partial charge in [-0.05, 0) is 46.5 Å². The van der Waals surface area contributed by atoms with Gasteiger partial charge in [0.25, 0.3) is 5.91 Å². The summed E-state index contributed by atoms with van der Waals surface area (Å²) in [6, 6.07) is 14.7. The number of carbonyl (C=O) groups is 2. The first-order valence-electron chi connectivity index (χ1n) is 6.95. The van der Waals surface area contributed by atoms with Crippen molar-refractivity contribution in [1.82, 2.24) is 4.90 Å². The molecule has 0 saturated carbocycles. The van der Waals surface area contributed by atoms with Gasteiger partial charge in [0, 0.05) is 16.4 Å². The molecule has 0 aliphatic rings. The predicted molar refractivity (Wildman–Crippen MR) is 98.0 cm³/mol. The number of halogens is 1. The maximum atomic E-state index is 12.4. The van der Waals surface area contributed by atoms with Crippen molar-refractivity contribution in [1.29, 1.82) is 0 Å². The molecule has 0 fully saturated rings. The molecule has 6 heteroatoms. The highest BCUT2D eigenvalue weighted by Gasteiger charge is 2.17. The van der Waals surface area contributed by atoms with Crippen LogP contribution in [-0.2, 0) is 4.79 Å². The summed E-state index contributed by atoms with van der Waals surface area (Å²) in [5, 5.41) is 2.85. The second-order valence-electron chi connectivity index (χ2n) is 4.89. The predicted octanol–water partition coefficient (Wildman–Crippen LogP) is 3.88. The van der Waals surface area contributed by atoms with E-state index in [1.807, 2.05) is 36.6 Å². The molecular weight excluding hydrogens is 376 g/mol. The number of carbonyl (C=O) groups excluding carboxylic acids is 2. The van der Waals surface area contributed by atoms with Crippen LogP contribution in [-0.4, -0.2) is 36.6 Å². The smallest absolute Gasteiger partial charge is 0.255 e. The molecule has 2 aromatic carbocycles. The molecule has 0 radical (unpaired) electrons. The van der Waals surface area contributed by atoms with Gasteiger partial charge in [-0.15, -0.1) is 11.8 Å². The third-order valence-corrected chi connectivity index (χ3v) is 4.70. The van der Waals surface area contributed by atoms with Gasteiger partial charge >= 0.3 is 0 Å². The molecule has 23 heavy (non-hydrogen) atoms. The van der Waals surface area contributed by atoms with Crippen LogP contribution < -0.4 is 5.32 Å². The van der Waals surface area contributed by atoms with Crippen LogP contribution in [0.5, 0.6) is 0 Å². The topological polar surface area (TPSA) is 49.4 Å². The zero-order valence-corrected chi connectivity index (χ0v) is 15.3. The van der Waals surface area contributed by atoms with E-state index in [1.165, 1.54) is 4.90 Å². The van der Waals surface area contributed by atoms with Gasteiger partial charge in [0.15, 0.2) is 0 Å². The summed E-state index contributed by atoms with van der Waals surface area (Å²) < 4.78 is 0.713.